The van der Waals surface area contributed by atoms with Crippen LogP contribution >= 0.6 is 0 Å². The first-order chi connectivity index (χ1) is 8.93. The Hall–Kier alpha value is -1.67. The van der Waals surface area contributed by atoms with Gasteiger partial charge in [0.15, 0.2) is 0 Å². The van der Waals surface area contributed by atoms with Gasteiger partial charge in [0.05, 0.1) is 0 Å². The Balaban J connectivity index is 2.19. The van der Waals surface area contributed by atoms with Crippen LogP contribution in [0.3, 0.4) is 0 Å². The predicted octanol–water partition coefficient (Wildman–Crippen LogP) is 0.810. The molecule has 0 bridgehead atoms. The second-order valence-corrected chi connectivity index (χ2v) is 6.01. The average molecular weight is 288 g/mol. The van der Waals surface area contributed by atoms with E-state index < -0.39 is 21.9 Å². The fraction of sp³-hybridized carbons (Fsp3) is 0.364. The minimum atomic E-state index is -3.90. The van der Waals surface area contributed by atoms with E-state index in [1.807, 2.05) is 0 Å². The number of benzene rings is 1. The summed E-state index contributed by atoms with van der Waals surface area (Å²) in [5.41, 5.74) is 0. The standard InChI is InChI=1S/C11H13FN2O4S/c12-9-3-1-2-4-10(9)19(17,18)14-7-5-13(6-8-14)11(15)16/h1-4H,5-8H2,(H,15,16). The molecule has 0 spiro atoms. The maximum Gasteiger partial charge on any atom is 0.407 e. The molecular formula is C11H13FN2O4S. The lowest BCUT2D eigenvalue weighted by Crippen LogP contribution is -2.50. The van der Waals surface area contributed by atoms with Gasteiger partial charge >= 0.3 is 6.09 Å². The molecule has 0 aliphatic carbocycles. The molecule has 8 heteroatoms. The third kappa shape index (κ3) is 2.69. The Morgan fingerprint density at radius 3 is 2.26 bits per heavy atom. The average Bonchev–Trinajstić information content (AvgIpc) is 2.39. The number of amides is 1. The Bertz CT molecular complexity index is 582. The third-order valence-corrected chi connectivity index (χ3v) is 4.90. The monoisotopic (exact) mass is 288 g/mol. The lowest BCUT2D eigenvalue weighted by Gasteiger charge is -2.32. The lowest BCUT2D eigenvalue weighted by molar-refractivity contribution is 0.126. The van der Waals surface area contributed by atoms with Crippen LogP contribution in [0.2, 0.25) is 0 Å². The van der Waals surface area contributed by atoms with Crippen molar-refractivity contribution < 1.29 is 22.7 Å². The summed E-state index contributed by atoms with van der Waals surface area (Å²) >= 11 is 0. The molecule has 104 valence electrons. The van der Waals surface area contributed by atoms with Crippen LogP contribution in [0.4, 0.5) is 9.18 Å². The quantitative estimate of drug-likeness (QED) is 0.873. The normalized spacial score (nSPS) is 17.4. The number of nitrogens with zero attached hydrogens (tertiary/aromatic N) is 2. The van der Waals surface area contributed by atoms with Gasteiger partial charge in [-0.3, -0.25) is 0 Å². The van der Waals surface area contributed by atoms with Crippen molar-refractivity contribution in [2.24, 2.45) is 0 Å². The molecule has 1 fully saturated rings. The van der Waals surface area contributed by atoms with Crippen LogP contribution in [-0.4, -0.2) is 55.0 Å². The summed E-state index contributed by atoms with van der Waals surface area (Å²) in [7, 11) is -3.90. The van der Waals surface area contributed by atoms with Gasteiger partial charge in [-0.25, -0.2) is 17.6 Å². The van der Waals surface area contributed by atoms with Gasteiger partial charge in [0, 0.05) is 26.2 Å². The molecule has 19 heavy (non-hydrogen) atoms. The molecule has 1 saturated heterocycles. The van der Waals surface area contributed by atoms with Crippen LogP contribution in [0.1, 0.15) is 0 Å². The van der Waals surface area contributed by atoms with Crippen molar-refractivity contribution in [1.82, 2.24) is 9.21 Å². The van der Waals surface area contributed by atoms with E-state index in [1.54, 1.807) is 0 Å². The summed E-state index contributed by atoms with van der Waals surface area (Å²) in [5.74, 6) is -0.803. The molecule has 2 rings (SSSR count). The van der Waals surface area contributed by atoms with Gasteiger partial charge in [-0.05, 0) is 12.1 Å². The molecule has 0 aromatic heterocycles. The van der Waals surface area contributed by atoms with Gasteiger partial charge < -0.3 is 10.0 Å². The highest BCUT2D eigenvalue weighted by molar-refractivity contribution is 7.89. The maximum absolute atomic E-state index is 13.5. The molecule has 1 aliphatic heterocycles. The van der Waals surface area contributed by atoms with Crippen LogP contribution in [-0.2, 0) is 10.0 Å². The number of hydrogen-bond acceptors (Lipinski definition) is 3. The summed E-state index contributed by atoms with van der Waals surface area (Å²) in [4.78, 5) is 11.5. The second-order valence-electron chi connectivity index (χ2n) is 4.10. The van der Waals surface area contributed by atoms with Crippen LogP contribution < -0.4 is 0 Å². The summed E-state index contributed by atoms with van der Waals surface area (Å²) in [6.45, 7) is 0.234. The zero-order valence-corrected chi connectivity index (χ0v) is 10.8. The SMILES string of the molecule is O=C(O)N1CCN(S(=O)(=O)c2ccccc2F)CC1. The Labute approximate surface area is 110 Å². The molecule has 1 amide bonds. The molecule has 1 N–H and O–H groups in total. The van der Waals surface area contributed by atoms with Crippen molar-refractivity contribution in [3.63, 3.8) is 0 Å². The lowest BCUT2D eigenvalue weighted by atomic mass is 10.3. The van der Waals surface area contributed by atoms with Crippen LogP contribution in [0.15, 0.2) is 29.2 Å². The zero-order valence-electron chi connectivity index (χ0n) is 9.99. The summed E-state index contributed by atoms with van der Waals surface area (Å²) < 4.78 is 39.0. The third-order valence-electron chi connectivity index (χ3n) is 2.96. The number of rotatable bonds is 2. The first-order valence-electron chi connectivity index (χ1n) is 5.65. The summed E-state index contributed by atoms with van der Waals surface area (Å²) in [6, 6.07) is 5.15. The second kappa shape index (κ2) is 5.14. The Morgan fingerprint density at radius 2 is 1.74 bits per heavy atom. The van der Waals surface area contributed by atoms with E-state index in [0.29, 0.717) is 0 Å². The van der Waals surface area contributed by atoms with E-state index in [9.17, 15) is 17.6 Å². The number of hydrogen-bond donors (Lipinski definition) is 1. The van der Waals surface area contributed by atoms with Crippen LogP contribution in [0.5, 0.6) is 0 Å². The molecule has 1 aromatic rings. The molecule has 0 saturated carbocycles. The van der Waals surface area contributed by atoms with E-state index in [0.717, 1.165) is 15.3 Å². The minimum absolute atomic E-state index is 0.0307. The maximum atomic E-state index is 13.5. The summed E-state index contributed by atoms with van der Waals surface area (Å²) in [5, 5.41) is 8.79. The fourth-order valence-electron chi connectivity index (χ4n) is 1.91. The highest BCUT2D eigenvalue weighted by Crippen LogP contribution is 2.20. The molecule has 0 radical (unpaired) electrons. The molecule has 1 heterocycles. The predicted molar refractivity (Wildman–Crippen MR) is 64.8 cm³/mol. The molecule has 0 unspecified atom stereocenters. The van der Waals surface area contributed by atoms with Gasteiger partial charge in [-0.1, -0.05) is 12.1 Å². The van der Waals surface area contributed by atoms with Crippen molar-refractivity contribution >= 4 is 16.1 Å². The van der Waals surface area contributed by atoms with E-state index in [-0.39, 0.29) is 31.1 Å². The number of sulfonamides is 1. The first kappa shape index (κ1) is 13.8. The van der Waals surface area contributed by atoms with Crippen molar-refractivity contribution in [2.45, 2.75) is 4.90 Å². The zero-order chi connectivity index (χ0) is 14.0. The van der Waals surface area contributed by atoms with Gasteiger partial charge in [-0.15, -0.1) is 0 Å². The van der Waals surface area contributed by atoms with Crippen molar-refractivity contribution in [3.8, 4) is 0 Å². The number of halogens is 1. The topological polar surface area (TPSA) is 77.9 Å². The van der Waals surface area contributed by atoms with Gasteiger partial charge in [0.1, 0.15) is 10.7 Å². The van der Waals surface area contributed by atoms with Gasteiger partial charge in [0.2, 0.25) is 10.0 Å². The molecule has 1 aliphatic rings. The highest BCUT2D eigenvalue weighted by Gasteiger charge is 2.31. The Morgan fingerprint density at radius 1 is 1.16 bits per heavy atom. The molecular weight excluding hydrogens is 275 g/mol. The minimum Gasteiger partial charge on any atom is -0.465 e. The first-order valence-corrected chi connectivity index (χ1v) is 7.09. The summed E-state index contributed by atoms with van der Waals surface area (Å²) in [6.07, 6.45) is -1.08. The van der Waals surface area contributed by atoms with E-state index in [4.69, 9.17) is 5.11 Å². The molecule has 1 aromatic carbocycles. The van der Waals surface area contributed by atoms with Crippen molar-refractivity contribution in [1.29, 1.82) is 0 Å². The van der Waals surface area contributed by atoms with E-state index in [2.05, 4.69) is 0 Å². The van der Waals surface area contributed by atoms with Crippen molar-refractivity contribution in [2.75, 3.05) is 26.2 Å². The number of carboxylic acid groups (broad SMARTS) is 1. The van der Waals surface area contributed by atoms with Gasteiger partial charge in [0.25, 0.3) is 0 Å². The number of carbonyl (C=O) groups is 1. The van der Waals surface area contributed by atoms with Crippen molar-refractivity contribution in [3.05, 3.63) is 30.1 Å². The molecule has 6 nitrogen and oxygen atoms in total. The van der Waals surface area contributed by atoms with Crippen LogP contribution in [0, 0.1) is 5.82 Å². The van der Waals surface area contributed by atoms with Gasteiger partial charge in [-0.2, -0.15) is 4.31 Å². The Kier molecular flexibility index (Phi) is 3.72. The highest BCUT2D eigenvalue weighted by atomic mass is 32.2. The fourth-order valence-corrected chi connectivity index (χ4v) is 3.40. The number of piperazine rings is 1. The van der Waals surface area contributed by atoms with Crippen LogP contribution in [0.25, 0.3) is 0 Å². The molecule has 0 atom stereocenters. The van der Waals surface area contributed by atoms with E-state index in [1.165, 1.54) is 18.2 Å². The van der Waals surface area contributed by atoms with E-state index >= 15 is 0 Å². The largest absolute Gasteiger partial charge is 0.465 e. The smallest absolute Gasteiger partial charge is 0.407 e.